The molecule has 1 atom stereocenters. The summed E-state index contributed by atoms with van der Waals surface area (Å²) in [5.41, 5.74) is 1.35. The Hall–Kier alpha value is -1.87. The molecule has 0 saturated carbocycles. The second kappa shape index (κ2) is 7.79. The van der Waals surface area contributed by atoms with Crippen LogP contribution < -0.4 is 5.32 Å². The van der Waals surface area contributed by atoms with Crippen LogP contribution in [-0.4, -0.2) is 29.5 Å². The number of hydrogen-bond donors (Lipinski definition) is 1. The quantitative estimate of drug-likeness (QED) is 0.840. The second-order valence-corrected chi connectivity index (χ2v) is 5.89. The molecule has 0 bridgehead atoms. The third kappa shape index (κ3) is 5.20. The van der Waals surface area contributed by atoms with Gasteiger partial charge in [-0.2, -0.15) is 0 Å². The Labute approximate surface area is 128 Å². The van der Waals surface area contributed by atoms with Gasteiger partial charge in [-0.15, -0.1) is 0 Å². The van der Waals surface area contributed by atoms with Crippen LogP contribution in [0.4, 0.5) is 5.82 Å². The monoisotopic (exact) mass is 283 g/mol. The maximum Gasteiger partial charge on any atom is 0.126 e. The van der Waals surface area contributed by atoms with Gasteiger partial charge in [0, 0.05) is 25.3 Å². The van der Waals surface area contributed by atoms with Gasteiger partial charge in [0.15, 0.2) is 0 Å². The number of anilines is 1. The van der Waals surface area contributed by atoms with E-state index < -0.39 is 0 Å². The third-order valence-electron chi connectivity index (χ3n) is 3.61. The largest absolute Gasteiger partial charge is 0.366 e. The molecular weight excluding hydrogens is 258 g/mol. The average molecular weight is 283 g/mol. The van der Waals surface area contributed by atoms with Crippen LogP contribution in [0.25, 0.3) is 0 Å². The van der Waals surface area contributed by atoms with Crippen LogP contribution in [0.5, 0.6) is 0 Å². The first-order valence-corrected chi connectivity index (χ1v) is 7.55. The summed E-state index contributed by atoms with van der Waals surface area (Å²) in [4.78, 5) is 6.72. The van der Waals surface area contributed by atoms with E-state index in [9.17, 15) is 0 Å². The fourth-order valence-electron chi connectivity index (χ4n) is 2.36. The lowest BCUT2D eigenvalue weighted by molar-refractivity contribution is 0.286. The van der Waals surface area contributed by atoms with Crippen molar-refractivity contribution >= 4 is 5.82 Å². The van der Waals surface area contributed by atoms with E-state index >= 15 is 0 Å². The lowest BCUT2D eigenvalue weighted by Gasteiger charge is -2.28. The van der Waals surface area contributed by atoms with Crippen molar-refractivity contribution in [3.05, 3.63) is 60.3 Å². The van der Waals surface area contributed by atoms with E-state index in [1.165, 1.54) is 5.56 Å². The predicted molar refractivity (Wildman–Crippen MR) is 89.3 cm³/mol. The van der Waals surface area contributed by atoms with E-state index in [-0.39, 0.29) is 0 Å². The Morgan fingerprint density at radius 2 is 1.76 bits per heavy atom. The van der Waals surface area contributed by atoms with Crippen molar-refractivity contribution in [2.75, 3.05) is 18.9 Å². The Morgan fingerprint density at radius 3 is 2.38 bits per heavy atom. The lowest BCUT2D eigenvalue weighted by Crippen LogP contribution is -2.38. The first kappa shape index (κ1) is 15.5. The van der Waals surface area contributed by atoms with Crippen molar-refractivity contribution in [2.24, 2.45) is 5.92 Å². The van der Waals surface area contributed by atoms with E-state index in [0.717, 1.165) is 18.9 Å². The van der Waals surface area contributed by atoms with Crippen molar-refractivity contribution in [3.63, 3.8) is 0 Å². The van der Waals surface area contributed by atoms with Crippen LogP contribution in [0.2, 0.25) is 0 Å². The number of likely N-dealkylation sites (N-methyl/N-ethyl adjacent to an activating group) is 1. The van der Waals surface area contributed by atoms with E-state index in [4.69, 9.17) is 0 Å². The summed E-state index contributed by atoms with van der Waals surface area (Å²) in [7, 11) is 2.17. The molecule has 3 nitrogen and oxygen atoms in total. The summed E-state index contributed by atoms with van der Waals surface area (Å²) < 4.78 is 0. The normalized spacial score (nSPS) is 12.6. The summed E-state index contributed by atoms with van der Waals surface area (Å²) in [6.07, 6.45) is 1.83. The molecule has 0 amide bonds. The summed E-state index contributed by atoms with van der Waals surface area (Å²) in [5.74, 6) is 1.49. The SMILES string of the molecule is CC(C)C(CN(C)Cc1ccccc1)Nc1ccccn1. The van der Waals surface area contributed by atoms with E-state index in [1.807, 2.05) is 24.4 Å². The zero-order valence-corrected chi connectivity index (χ0v) is 13.2. The summed E-state index contributed by atoms with van der Waals surface area (Å²) in [6.45, 7) is 6.45. The highest BCUT2D eigenvalue weighted by molar-refractivity contribution is 5.34. The summed E-state index contributed by atoms with van der Waals surface area (Å²) in [6, 6.07) is 17.0. The van der Waals surface area contributed by atoms with Crippen molar-refractivity contribution in [1.29, 1.82) is 0 Å². The van der Waals surface area contributed by atoms with Crippen molar-refractivity contribution in [2.45, 2.75) is 26.4 Å². The minimum atomic E-state index is 0.383. The first-order valence-electron chi connectivity index (χ1n) is 7.55. The molecule has 21 heavy (non-hydrogen) atoms. The van der Waals surface area contributed by atoms with Gasteiger partial charge in [0.05, 0.1) is 0 Å². The molecule has 0 aliphatic carbocycles. The number of benzene rings is 1. The average Bonchev–Trinajstić information content (AvgIpc) is 2.48. The molecule has 0 aliphatic heterocycles. The van der Waals surface area contributed by atoms with E-state index in [2.05, 4.69) is 66.4 Å². The van der Waals surface area contributed by atoms with Crippen LogP contribution in [0.15, 0.2) is 54.7 Å². The number of nitrogens with zero attached hydrogens (tertiary/aromatic N) is 2. The van der Waals surface area contributed by atoms with Gasteiger partial charge in [-0.3, -0.25) is 0 Å². The molecule has 0 saturated heterocycles. The highest BCUT2D eigenvalue weighted by Gasteiger charge is 2.16. The second-order valence-electron chi connectivity index (χ2n) is 5.89. The van der Waals surface area contributed by atoms with Crippen molar-refractivity contribution < 1.29 is 0 Å². The minimum absolute atomic E-state index is 0.383. The van der Waals surface area contributed by atoms with Gasteiger partial charge in [0.25, 0.3) is 0 Å². The molecule has 2 aromatic rings. The first-order chi connectivity index (χ1) is 10.1. The molecule has 0 fully saturated rings. The van der Waals surface area contributed by atoms with Crippen molar-refractivity contribution in [3.8, 4) is 0 Å². The van der Waals surface area contributed by atoms with Gasteiger partial charge in [0.2, 0.25) is 0 Å². The van der Waals surface area contributed by atoms with Crippen molar-refractivity contribution in [1.82, 2.24) is 9.88 Å². The number of rotatable bonds is 7. The molecule has 0 radical (unpaired) electrons. The Morgan fingerprint density at radius 1 is 1.05 bits per heavy atom. The minimum Gasteiger partial charge on any atom is -0.366 e. The lowest BCUT2D eigenvalue weighted by atomic mass is 10.0. The molecule has 1 heterocycles. The molecule has 2 rings (SSSR count). The van der Waals surface area contributed by atoms with Crippen LogP contribution in [-0.2, 0) is 6.54 Å². The maximum atomic E-state index is 4.36. The number of nitrogens with one attached hydrogen (secondary N) is 1. The summed E-state index contributed by atoms with van der Waals surface area (Å²) >= 11 is 0. The Bertz CT molecular complexity index is 511. The van der Waals surface area contributed by atoms with Crippen LogP contribution >= 0.6 is 0 Å². The smallest absolute Gasteiger partial charge is 0.126 e. The molecule has 1 unspecified atom stereocenters. The fourth-order valence-corrected chi connectivity index (χ4v) is 2.36. The topological polar surface area (TPSA) is 28.2 Å². The highest BCUT2D eigenvalue weighted by Crippen LogP contribution is 2.12. The Balaban J connectivity index is 1.93. The zero-order chi connectivity index (χ0) is 15.1. The molecule has 0 aliphatic rings. The van der Waals surface area contributed by atoms with E-state index in [0.29, 0.717) is 12.0 Å². The van der Waals surface area contributed by atoms with Gasteiger partial charge in [-0.05, 0) is 30.7 Å². The third-order valence-corrected chi connectivity index (χ3v) is 3.61. The zero-order valence-electron chi connectivity index (χ0n) is 13.2. The fraction of sp³-hybridized carbons (Fsp3) is 0.389. The van der Waals surface area contributed by atoms with Crippen LogP contribution in [0.1, 0.15) is 19.4 Å². The Kier molecular flexibility index (Phi) is 5.76. The van der Waals surface area contributed by atoms with Crippen LogP contribution in [0, 0.1) is 5.92 Å². The number of pyridine rings is 1. The van der Waals surface area contributed by atoms with Gasteiger partial charge in [-0.1, -0.05) is 50.2 Å². The van der Waals surface area contributed by atoms with Gasteiger partial charge < -0.3 is 10.2 Å². The van der Waals surface area contributed by atoms with Gasteiger partial charge in [-0.25, -0.2) is 4.98 Å². The number of aromatic nitrogens is 1. The molecule has 1 aromatic carbocycles. The molecule has 1 aromatic heterocycles. The molecule has 112 valence electrons. The molecule has 3 heteroatoms. The van der Waals surface area contributed by atoms with Gasteiger partial charge in [0.1, 0.15) is 5.82 Å². The molecular formula is C18H25N3. The highest BCUT2D eigenvalue weighted by atomic mass is 15.1. The standard InChI is InChI=1S/C18H25N3/c1-15(2)17(20-18-11-7-8-12-19-18)14-21(3)13-16-9-5-4-6-10-16/h4-12,15,17H,13-14H2,1-3H3,(H,19,20). The molecule has 0 spiro atoms. The summed E-state index contributed by atoms with van der Waals surface area (Å²) in [5, 5.41) is 3.54. The predicted octanol–water partition coefficient (Wildman–Crippen LogP) is 3.65. The maximum absolute atomic E-state index is 4.36. The van der Waals surface area contributed by atoms with E-state index in [1.54, 1.807) is 0 Å². The van der Waals surface area contributed by atoms with Crippen LogP contribution in [0.3, 0.4) is 0 Å². The van der Waals surface area contributed by atoms with Gasteiger partial charge >= 0.3 is 0 Å². The number of hydrogen-bond acceptors (Lipinski definition) is 3. The molecule has 1 N–H and O–H groups in total.